The van der Waals surface area contributed by atoms with Gasteiger partial charge in [0.15, 0.2) is 18.9 Å². The van der Waals surface area contributed by atoms with Crippen LogP contribution in [-0.4, -0.2) is 51.8 Å². The molecule has 0 saturated heterocycles. The first kappa shape index (κ1) is 26.7. The highest BCUT2D eigenvalue weighted by Crippen LogP contribution is 2.38. The zero-order valence-electron chi connectivity index (χ0n) is 19.5. The van der Waals surface area contributed by atoms with Crippen LogP contribution in [0.2, 0.25) is 0 Å². The van der Waals surface area contributed by atoms with Gasteiger partial charge in [-0.3, -0.25) is 18.9 Å². The zero-order valence-corrected chi connectivity index (χ0v) is 20.4. The van der Waals surface area contributed by atoms with Gasteiger partial charge in [-0.05, 0) is 26.3 Å². The number of benzene rings is 1. The molecule has 0 bridgehead atoms. The number of ether oxygens (including phenoxy) is 1. The van der Waals surface area contributed by atoms with Crippen molar-refractivity contribution in [2.24, 2.45) is 5.41 Å². The summed E-state index contributed by atoms with van der Waals surface area (Å²) in [6, 6.07) is 2.84. The van der Waals surface area contributed by atoms with Crippen LogP contribution in [0.25, 0.3) is 0 Å². The van der Waals surface area contributed by atoms with E-state index in [2.05, 4.69) is 5.32 Å². The van der Waals surface area contributed by atoms with Crippen LogP contribution in [-0.2, 0) is 22.4 Å². The second-order valence-electron chi connectivity index (χ2n) is 9.18. The number of nitrogens with one attached hydrogen (secondary N) is 1. The molecular weight excluding hydrogens is 485 g/mol. The van der Waals surface area contributed by atoms with Crippen molar-refractivity contribution in [3.8, 4) is 5.75 Å². The summed E-state index contributed by atoms with van der Waals surface area (Å²) in [6.45, 7) is 4.24. The molecule has 1 aromatic heterocycles. The van der Waals surface area contributed by atoms with Gasteiger partial charge in [-0.1, -0.05) is 6.07 Å². The number of amides is 1. The van der Waals surface area contributed by atoms with Crippen LogP contribution < -0.4 is 10.7 Å². The van der Waals surface area contributed by atoms with Gasteiger partial charge in [0, 0.05) is 43.8 Å². The Hall–Kier alpha value is -2.88. The summed E-state index contributed by atoms with van der Waals surface area (Å²) >= 11 is 0. The van der Waals surface area contributed by atoms with Crippen molar-refractivity contribution in [2.45, 2.75) is 39.5 Å². The van der Waals surface area contributed by atoms with Crippen molar-refractivity contribution < 1.29 is 37.7 Å². The molecule has 1 aliphatic heterocycles. The van der Waals surface area contributed by atoms with E-state index in [0.717, 1.165) is 18.3 Å². The normalized spacial score (nSPS) is 18.6. The number of carbonyl (C=O) groups excluding carboxylic acids is 2. The number of aromatic nitrogens is 1. The minimum absolute atomic E-state index is 0.00747. The number of aromatic hydroxyl groups is 1. The third kappa shape index (κ3) is 5.86. The Morgan fingerprint density at radius 3 is 2.63 bits per heavy atom. The fourth-order valence-electron chi connectivity index (χ4n) is 3.83. The Labute approximate surface area is 200 Å². The molecule has 2 heterocycles. The molecule has 3 rings (SSSR count). The Bertz CT molecular complexity index is 1270. The first-order chi connectivity index (χ1) is 16.2. The summed E-state index contributed by atoms with van der Waals surface area (Å²) in [5.74, 6) is -4.01. The van der Waals surface area contributed by atoms with Crippen molar-refractivity contribution in [3.63, 3.8) is 0 Å². The smallest absolute Gasteiger partial charge is 0.257 e. The number of ketones is 1. The van der Waals surface area contributed by atoms with E-state index < -0.39 is 59.0 Å². The molecule has 3 N–H and O–H groups in total. The summed E-state index contributed by atoms with van der Waals surface area (Å²) in [4.78, 5) is 47.9. The summed E-state index contributed by atoms with van der Waals surface area (Å²) in [5.41, 5.74) is -2.91. The second kappa shape index (κ2) is 10.0. The molecule has 2 aromatic rings. The van der Waals surface area contributed by atoms with Gasteiger partial charge in [-0.25, -0.2) is 8.78 Å². The molecule has 0 aliphatic carbocycles. The van der Waals surface area contributed by atoms with Crippen molar-refractivity contribution in [2.75, 3.05) is 19.4 Å². The quantitative estimate of drug-likeness (QED) is 0.366. The van der Waals surface area contributed by atoms with Gasteiger partial charge in [-0.15, -0.1) is 0 Å². The van der Waals surface area contributed by atoms with Crippen molar-refractivity contribution in [1.82, 2.24) is 9.88 Å². The molecule has 2 atom stereocenters. The number of nitrogens with zero attached hydrogens (tertiary/aromatic N) is 1. The van der Waals surface area contributed by atoms with Crippen LogP contribution in [0.3, 0.4) is 0 Å². The first-order valence-corrected chi connectivity index (χ1v) is 13.2. The maximum atomic E-state index is 13.8. The average Bonchev–Trinajstić information content (AvgIpc) is 2.75. The van der Waals surface area contributed by atoms with Gasteiger partial charge in [0.2, 0.25) is 5.43 Å². The van der Waals surface area contributed by atoms with E-state index in [1.807, 2.05) is 0 Å². The summed E-state index contributed by atoms with van der Waals surface area (Å²) < 4.78 is 45.5. The highest BCUT2D eigenvalue weighted by Gasteiger charge is 2.45. The third-order valence-corrected chi connectivity index (χ3v) is 7.11. The lowest BCUT2D eigenvalue weighted by Crippen LogP contribution is -2.48. The zero-order chi connectivity index (χ0) is 26.1. The maximum Gasteiger partial charge on any atom is 0.257 e. The molecule has 0 saturated carbocycles. The lowest BCUT2D eigenvalue weighted by molar-refractivity contribution is -0.0326. The van der Waals surface area contributed by atoms with Crippen LogP contribution >= 0.6 is 7.37 Å². The van der Waals surface area contributed by atoms with E-state index in [9.17, 15) is 37.7 Å². The molecule has 35 heavy (non-hydrogen) atoms. The minimum atomic E-state index is -3.20. The number of pyridine rings is 1. The number of carbonyl (C=O) groups is 2. The second-order valence-corrected chi connectivity index (χ2v) is 11.7. The van der Waals surface area contributed by atoms with E-state index in [-0.39, 0.29) is 37.1 Å². The van der Waals surface area contributed by atoms with E-state index >= 15 is 0 Å². The molecule has 12 heteroatoms. The third-order valence-electron chi connectivity index (χ3n) is 5.96. The van der Waals surface area contributed by atoms with Crippen molar-refractivity contribution in [3.05, 3.63) is 63.1 Å². The monoisotopic (exact) mass is 512 g/mol. The molecule has 0 spiro atoms. The molecule has 1 aromatic carbocycles. The number of hydrogen-bond acceptors (Lipinski definition) is 6. The van der Waals surface area contributed by atoms with Gasteiger partial charge in [0.05, 0.1) is 18.1 Å². The summed E-state index contributed by atoms with van der Waals surface area (Å²) in [6.07, 6.45) is 0.770. The van der Waals surface area contributed by atoms with Gasteiger partial charge < -0.3 is 24.6 Å². The Balaban J connectivity index is 1.83. The number of halogens is 2. The SMILES string of the molecule is CC1(C)C(=O)c2c(O)c(=O)c(C(=O)NCc3ccc(F)cc3F)cn2CC1OCCCP(C)(=O)O. The van der Waals surface area contributed by atoms with Crippen LogP contribution in [0.4, 0.5) is 8.78 Å². The molecule has 1 aliphatic rings. The fraction of sp³-hybridized carbons (Fsp3) is 0.435. The molecule has 9 nitrogen and oxygen atoms in total. The largest absolute Gasteiger partial charge is 0.503 e. The summed E-state index contributed by atoms with van der Waals surface area (Å²) in [5, 5.41) is 12.8. The molecule has 190 valence electrons. The van der Waals surface area contributed by atoms with Gasteiger partial charge in [-0.2, -0.15) is 0 Å². The number of hydrogen-bond donors (Lipinski definition) is 3. The van der Waals surface area contributed by atoms with Gasteiger partial charge in [0.1, 0.15) is 22.9 Å². The number of fused-ring (bicyclic) bond motifs is 1. The Morgan fingerprint density at radius 2 is 2.00 bits per heavy atom. The number of rotatable bonds is 8. The Kier molecular flexibility index (Phi) is 7.64. The van der Waals surface area contributed by atoms with Crippen LogP contribution in [0.15, 0.2) is 29.2 Å². The van der Waals surface area contributed by atoms with Crippen LogP contribution in [0.5, 0.6) is 5.75 Å². The lowest BCUT2D eigenvalue weighted by Gasteiger charge is -2.39. The highest BCUT2D eigenvalue weighted by atomic mass is 31.2. The summed E-state index contributed by atoms with van der Waals surface area (Å²) in [7, 11) is -3.20. The fourth-order valence-corrected chi connectivity index (χ4v) is 4.55. The lowest BCUT2D eigenvalue weighted by atomic mass is 9.77. The van der Waals surface area contributed by atoms with Gasteiger partial charge in [0.25, 0.3) is 5.91 Å². The van der Waals surface area contributed by atoms with Gasteiger partial charge >= 0.3 is 0 Å². The number of Topliss-reactive ketones (excluding diaryl/α,β-unsaturated/α-hetero) is 1. The Morgan fingerprint density at radius 1 is 1.31 bits per heavy atom. The molecule has 2 unspecified atom stereocenters. The topological polar surface area (TPSA) is 135 Å². The predicted octanol–water partition coefficient (Wildman–Crippen LogP) is 2.66. The van der Waals surface area contributed by atoms with E-state index in [1.54, 1.807) is 13.8 Å². The minimum Gasteiger partial charge on any atom is -0.503 e. The molecule has 1 amide bonds. The first-order valence-electron chi connectivity index (χ1n) is 10.9. The average molecular weight is 512 g/mol. The van der Waals surface area contributed by atoms with E-state index in [1.165, 1.54) is 11.2 Å². The van der Waals surface area contributed by atoms with Crippen LogP contribution in [0.1, 0.15) is 46.7 Å². The van der Waals surface area contributed by atoms with E-state index in [0.29, 0.717) is 12.5 Å². The van der Waals surface area contributed by atoms with Crippen molar-refractivity contribution in [1.29, 1.82) is 0 Å². The molecular formula is C23H27F2N2O7P. The maximum absolute atomic E-state index is 13.8. The van der Waals surface area contributed by atoms with Crippen molar-refractivity contribution >= 4 is 19.1 Å². The highest BCUT2D eigenvalue weighted by molar-refractivity contribution is 7.57. The van der Waals surface area contributed by atoms with E-state index in [4.69, 9.17) is 4.74 Å². The standard InChI is InChI=1S/C23H27F2N2O7P/c1-23(2)17(34-7-4-8-35(3,32)33)12-27-11-15(19(28)20(29)18(27)21(23)30)22(31)26-10-13-5-6-14(24)9-16(13)25/h5-6,9,11,17,29H,4,7-8,10,12H2,1-3H3,(H,26,31)(H,32,33). The van der Waals surface area contributed by atoms with Crippen LogP contribution in [0, 0.1) is 17.0 Å². The molecule has 0 radical (unpaired) electrons. The predicted molar refractivity (Wildman–Crippen MR) is 123 cm³/mol. The molecule has 0 fully saturated rings.